The quantitative estimate of drug-likeness (QED) is 0.248. The molecule has 0 spiro atoms. The molecule has 0 fully saturated rings. The molecule has 34 heavy (non-hydrogen) atoms. The molecule has 1 N–H and O–H groups in total. The summed E-state index contributed by atoms with van der Waals surface area (Å²) in [6.07, 6.45) is 1.58. The van der Waals surface area contributed by atoms with Gasteiger partial charge in [0.15, 0.2) is 0 Å². The first-order valence-corrected chi connectivity index (χ1v) is 12.5. The van der Waals surface area contributed by atoms with Gasteiger partial charge in [0, 0.05) is 23.0 Å². The third kappa shape index (κ3) is 5.86. The maximum absolute atomic E-state index is 12.4. The lowest BCUT2D eigenvalue weighted by molar-refractivity contribution is 0.0953. The molecular formula is C28H30BrN3O2. The molecule has 1 heterocycles. The predicted octanol–water partition coefficient (Wildman–Crippen LogP) is 6.36. The van der Waals surface area contributed by atoms with Crippen LogP contribution in [0.2, 0.25) is 0 Å². The molecule has 0 saturated carbocycles. The van der Waals surface area contributed by atoms with Crippen LogP contribution in [-0.2, 0) is 13.0 Å². The molecule has 0 aliphatic rings. The summed E-state index contributed by atoms with van der Waals surface area (Å²) in [5.41, 5.74) is 3.97. The van der Waals surface area contributed by atoms with Gasteiger partial charge < -0.3 is 14.6 Å². The number of halogens is 1. The lowest BCUT2D eigenvalue weighted by Crippen LogP contribution is -2.25. The number of carbonyl (C=O) groups excluding carboxylic acids is 1. The van der Waals surface area contributed by atoms with Crippen molar-refractivity contribution in [2.24, 2.45) is 0 Å². The number of aromatic nitrogens is 2. The highest BCUT2D eigenvalue weighted by atomic mass is 79.9. The van der Waals surface area contributed by atoms with Crippen LogP contribution in [0.1, 0.15) is 47.9 Å². The number of fused-ring (bicyclic) bond motifs is 1. The predicted molar refractivity (Wildman–Crippen MR) is 141 cm³/mol. The van der Waals surface area contributed by atoms with Gasteiger partial charge in [-0.05, 0) is 54.3 Å². The first-order valence-electron chi connectivity index (χ1n) is 11.7. The standard InChI is InChI=1S/C28H30BrN3O2/c1-20(2)23-11-3-6-14-26(23)34-18-17-32-25-13-5-4-12-24(25)31-27(32)15-8-16-30-28(33)21-9-7-10-22(29)19-21/h3-7,9-14,19-20H,8,15-18H2,1-2H3,(H,30,33). The fraction of sp³-hybridized carbons (Fsp3) is 0.286. The topological polar surface area (TPSA) is 56.1 Å². The van der Waals surface area contributed by atoms with E-state index < -0.39 is 0 Å². The molecule has 1 aromatic heterocycles. The third-order valence-corrected chi connectivity index (χ3v) is 6.29. The minimum atomic E-state index is -0.0629. The van der Waals surface area contributed by atoms with Crippen molar-refractivity contribution in [2.45, 2.75) is 39.2 Å². The number of rotatable bonds is 10. The normalized spacial score (nSPS) is 11.2. The van der Waals surface area contributed by atoms with E-state index in [9.17, 15) is 4.79 Å². The van der Waals surface area contributed by atoms with E-state index in [2.05, 4.69) is 57.9 Å². The van der Waals surface area contributed by atoms with E-state index in [1.165, 1.54) is 5.56 Å². The number of nitrogens with zero attached hydrogens (tertiary/aromatic N) is 2. The molecule has 4 aromatic rings. The Bertz CT molecular complexity index is 1270. The summed E-state index contributed by atoms with van der Waals surface area (Å²) in [6, 6.07) is 23.8. The second-order valence-electron chi connectivity index (χ2n) is 8.58. The van der Waals surface area contributed by atoms with Crippen molar-refractivity contribution in [1.82, 2.24) is 14.9 Å². The van der Waals surface area contributed by atoms with Gasteiger partial charge in [-0.15, -0.1) is 0 Å². The van der Waals surface area contributed by atoms with E-state index in [0.29, 0.717) is 31.2 Å². The van der Waals surface area contributed by atoms with Gasteiger partial charge in [-0.3, -0.25) is 4.79 Å². The number of carbonyl (C=O) groups is 1. The number of nitrogens with one attached hydrogen (secondary N) is 1. The van der Waals surface area contributed by atoms with Crippen molar-refractivity contribution in [1.29, 1.82) is 0 Å². The van der Waals surface area contributed by atoms with Crippen LogP contribution < -0.4 is 10.1 Å². The summed E-state index contributed by atoms with van der Waals surface area (Å²) in [7, 11) is 0. The monoisotopic (exact) mass is 519 g/mol. The number of aryl methyl sites for hydroxylation is 1. The number of para-hydroxylation sites is 3. The zero-order valence-corrected chi connectivity index (χ0v) is 21.2. The first-order chi connectivity index (χ1) is 16.5. The lowest BCUT2D eigenvalue weighted by Gasteiger charge is -2.15. The van der Waals surface area contributed by atoms with Gasteiger partial charge in [-0.1, -0.05) is 66.2 Å². The van der Waals surface area contributed by atoms with Crippen LogP contribution in [0.4, 0.5) is 0 Å². The van der Waals surface area contributed by atoms with Crippen LogP contribution in [0.15, 0.2) is 77.3 Å². The molecule has 4 rings (SSSR count). The van der Waals surface area contributed by atoms with E-state index >= 15 is 0 Å². The second-order valence-corrected chi connectivity index (χ2v) is 9.49. The van der Waals surface area contributed by atoms with Crippen LogP contribution in [0.5, 0.6) is 5.75 Å². The Morgan fingerprint density at radius 2 is 1.85 bits per heavy atom. The maximum Gasteiger partial charge on any atom is 0.251 e. The van der Waals surface area contributed by atoms with Crippen LogP contribution in [0.3, 0.4) is 0 Å². The summed E-state index contributed by atoms with van der Waals surface area (Å²) in [5, 5.41) is 3.01. The smallest absolute Gasteiger partial charge is 0.251 e. The molecule has 0 unspecified atom stereocenters. The summed E-state index contributed by atoms with van der Waals surface area (Å²) in [5.74, 6) is 2.30. The Morgan fingerprint density at radius 1 is 1.06 bits per heavy atom. The molecule has 0 saturated heterocycles. The Labute approximate surface area is 209 Å². The molecule has 3 aromatic carbocycles. The average molecular weight is 520 g/mol. The largest absolute Gasteiger partial charge is 0.491 e. The summed E-state index contributed by atoms with van der Waals surface area (Å²) in [6.45, 7) is 6.23. The summed E-state index contributed by atoms with van der Waals surface area (Å²) < 4.78 is 9.32. The number of ether oxygens (including phenoxy) is 1. The molecule has 1 amide bonds. The average Bonchev–Trinajstić information content (AvgIpc) is 3.19. The number of imidazole rings is 1. The number of hydrogen-bond acceptors (Lipinski definition) is 3. The van der Waals surface area contributed by atoms with Gasteiger partial charge >= 0.3 is 0 Å². The molecule has 6 heteroatoms. The van der Waals surface area contributed by atoms with Gasteiger partial charge in [0.2, 0.25) is 0 Å². The minimum Gasteiger partial charge on any atom is -0.491 e. The highest BCUT2D eigenvalue weighted by Crippen LogP contribution is 2.26. The molecule has 0 atom stereocenters. The maximum atomic E-state index is 12.4. The molecule has 0 aliphatic carbocycles. The zero-order valence-electron chi connectivity index (χ0n) is 19.6. The summed E-state index contributed by atoms with van der Waals surface area (Å²) in [4.78, 5) is 17.3. The van der Waals surface area contributed by atoms with Crippen molar-refractivity contribution in [3.8, 4) is 5.75 Å². The Morgan fingerprint density at radius 3 is 2.68 bits per heavy atom. The highest BCUT2D eigenvalue weighted by molar-refractivity contribution is 9.10. The van der Waals surface area contributed by atoms with Crippen LogP contribution in [0, 0.1) is 0 Å². The highest BCUT2D eigenvalue weighted by Gasteiger charge is 2.12. The van der Waals surface area contributed by atoms with E-state index in [4.69, 9.17) is 9.72 Å². The van der Waals surface area contributed by atoms with Gasteiger partial charge in [0.1, 0.15) is 18.2 Å². The van der Waals surface area contributed by atoms with Crippen LogP contribution in [-0.4, -0.2) is 28.6 Å². The fourth-order valence-electron chi connectivity index (χ4n) is 4.08. The Hall–Kier alpha value is -3.12. The van der Waals surface area contributed by atoms with Crippen LogP contribution in [0.25, 0.3) is 11.0 Å². The molecule has 0 radical (unpaired) electrons. The van der Waals surface area contributed by atoms with E-state index in [1.54, 1.807) is 0 Å². The molecule has 0 bridgehead atoms. The Kier molecular flexibility index (Phi) is 8.01. The number of benzene rings is 3. The van der Waals surface area contributed by atoms with Crippen molar-refractivity contribution in [2.75, 3.05) is 13.2 Å². The lowest BCUT2D eigenvalue weighted by atomic mass is 10.0. The SMILES string of the molecule is CC(C)c1ccccc1OCCn1c(CCCNC(=O)c2cccc(Br)c2)nc2ccccc21. The molecule has 0 aliphatic heterocycles. The van der Waals surface area contributed by atoms with Gasteiger partial charge in [0.05, 0.1) is 17.6 Å². The Balaban J connectivity index is 1.39. The number of amides is 1. The number of hydrogen-bond donors (Lipinski definition) is 1. The van der Waals surface area contributed by atoms with E-state index in [-0.39, 0.29) is 5.91 Å². The van der Waals surface area contributed by atoms with Crippen molar-refractivity contribution >= 4 is 32.9 Å². The van der Waals surface area contributed by atoms with Crippen molar-refractivity contribution < 1.29 is 9.53 Å². The van der Waals surface area contributed by atoms with Gasteiger partial charge in [-0.25, -0.2) is 4.98 Å². The van der Waals surface area contributed by atoms with E-state index in [1.807, 2.05) is 54.6 Å². The van der Waals surface area contributed by atoms with Crippen molar-refractivity contribution in [3.05, 3.63) is 94.2 Å². The second kappa shape index (κ2) is 11.3. The minimum absolute atomic E-state index is 0.0629. The third-order valence-electron chi connectivity index (χ3n) is 5.80. The summed E-state index contributed by atoms with van der Waals surface area (Å²) >= 11 is 3.41. The zero-order chi connectivity index (χ0) is 23.9. The first kappa shape index (κ1) is 24.0. The van der Waals surface area contributed by atoms with Gasteiger partial charge in [-0.2, -0.15) is 0 Å². The molecular weight excluding hydrogens is 490 g/mol. The van der Waals surface area contributed by atoms with E-state index in [0.717, 1.165) is 39.9 Å². The van der Waals surface area contributed by atoms with Crippen molar-refractivity contribution in [3.63, 3.8) is 0 Å². The van der Waals surface area contributed by atoms with Crippen LogP contribution >= 0.6 is 15.9 Å². The molecule has 176 valence electrons. The fourth-order valence-corrected chi connectivity index (χ4v) is 4.48. The van der Waals surface area contributed by atoms with Gasteiger partial charge in [0.25, 0.3) is 5.91 Å². The molecule has 5 nitrogen and oxygen atoms in total.